The van der Waals surface area contributed by atoms with Crippen molar-refractivity contribution in [2.45, 2.75) is 58.8 Å². The molecule has 1 aromatic rings. The number of hydrogen-bond acceptors (Lipinski definition) is 1. The molecule has 0 aliphatic carbocycles. The van der Waals surface area contributed by atoms with E-state index in [1.165, 1.54) is 11.1 Å². The van der Waals surface area contributed by atoms with Gasteiger partial charge in [0.15, 0.2) is 0 Å². The molecule has 0 unspecified atom stereocenters. The van der Waals surface area contributed by atoms with Crippen LogP contribution in [0.15, 0.2) is 18.2 Å². The number of hydrogen-bond donors (Lipinski definition) is 1. The van der Waals surface area contributed by atoms with Crippen LogP contribution in [0.2, 0.25) is 0 Å². The Labute approximate surface area is 99.5 Å². The Bertz CT molecular complexity index is 370. The Morgan fingerprint density at radius 3 is 1.88 bits per heavy atom. The zero-order valence-corrected chi connectivity index (χ0v) is 11.4. The first kappa shape index (κ1) is 13.1. The van der Waals surface area contributed by atoms with Gasteiger partial charge in [0.2, 0.25) is 0 Å². The summed E-state index contributed by atoms with van der Waals surface area (Å²) < 4.78 is 0. The molecule has 0 aliphatic heterocycles. The minimum atomic E-state index is 0.0807. The van der Waals surface area contributed by atoms with Crippen LogP contribution in [0.5, 0.6) is 5.75 Å². The molecule has 0 fully saturated rings. The van der Waals surface area contributed by atoms with Crippen LogP contribution in [-0.4, -0.2) is 5.11 Å². The Morgan fingerprint density at radius 1 is 0.938 bits per heavy atom. The highest BCUT2D eigenvalue weighted by Crippen LogP contribution is 2.34. The van der Waals surface area contributed by atoms with Crippen molar-refractivity contribution in [2.75, 3.05) is 0 Å². The Balaban J connectivity index is 3.29. The first-order chi connectivity index (χ1) is 7.16. The zero-order chi connectivity index (χ0) is 12.6. The van der Waals surface area contributed by atoms with Crippen LogP contribution in [-0.2, 0) is 10.8 Å². The van der Waals surface area contributed by atoms with Gasteiger partial charge in [-0.05, 0) is 40.5 Å². The van der Waals surface area contributed by atoms with E-state index >= 15 is 0 Å². The van der Waals surface area contributed by atoms with Gasteiger partial charge in [-0.15, -0.1) is 0 Å². The summed E-state index contributed by atoms with van der Waals surface area (Å²) in [5, 5.41) is 9.82. The van der Waals surface area contributed by atoms with Crippen LogP contribution in [0.25, 0.3) is 0 Å². The van der Waals surface area contributed by atoms with E-state index in [1.807, 2.05) is 12.1 Å². The summed E-state index contributed by atoms with van der Waals surface area (Å²) in [7, 11) is 0. The van der Waals surface area contributed by atoms with E-state index < -0.39 is 0 Å². The number of benzene rings is 1. The normalized spacial score (nSPS) is 12.9. The van der Waals surface area contributed by atoms with Crippen molar-refractivity contribution in [3.63, 3.8) is 0 Å². The van der Waals surface area contributed by atoms with Crippen LogP contribution in [0, 0.1) is 0 Å². The number of aromatic hydroxyl groups is 1. The van der Waals surface area contributed by atoms with Gasteiger partial charge >= 0.3 is 0 Å². The Hall–Kier alpha value is -0.980. The second kappa shape index (κ2) is 4.12. The van der Waals surface area contributed by atoms with Gasteiger partial charge in [0.25, 0.3) is 0 Å². The molecule has 0 saturated heterocycles. The highest BCUT2D eigenvalue weighted by molar-refractivity contribution is 5.40. The summed E-state index contributed by atoms with van der Waals surface area (Å²) in [5.74, 6) is 0.379. The van der Waals surface area contributed by atoms with Gasteiger partial charge in [-0.2, -0.15) is 0 Å². The topological polar surface area (TPSA) is 20.2 Å². The van der Waals surface area contributed by atoms with Crippen molar-refractivity contribution in [1.29, 1.82) is 0 Å². The van der Waals surface area contributed by atoms with Gasteiger partial charge in [-0.25, -0.2) is 0 Å². The summed E-state index contributed by atoms with van der Waals surface area (Å²) in [6.45, 7) is 13.1. The molecular weight excluding hydrogens is 196 g/mol. The van der Waals surface area contributed by atoms with Crippen LogP contribution < -0.4 is 0 Å². The molecule has 0 bridgehead atoms. The van der Waals surface area contributed by atoms with Crippen molar-refractivity contribution in [3.05, 3.63) is 29.3 Å². The molecular formula is C15H24O. The first-order valence-electron chi connectivity index (χ1n) is 6.02. The quantitative estimate of drug-likeness (QED) is 0.784. The maximum absolute atomic E-state index is 9.82. The lowest BCUT2D eigenvalue weighted by Gasteiger charge is -2.27. The molecule has 1 N–H and O–H groups in total. The lowest BCUT2D eigenvalue weighted by atomic mass is 9.78. The fraction of sp³-hybridized carbons (Fsp3) is 0.600. The first-order valence-corrected chi connectivity index (χ1v) is 6.02. The summed E-state index contributed by atoms with van der Waals surface area (Å²) >= 11 is 0. The third-order valence-electron chi connectivity index (χ3n) is 3.45. The van der Waals surface area contributed by atoms with E-state index in [1.54, 1.807) is 0 Å². The Morgan fingerprint density at radius 2 is 1.44 bits per heavy atom. The van der Waals surface area contributed by atoms with Crippen LogP contribution in [0.1, 0.15) is 59.1 Å². The highest BCUT2D eigenvalue weighted by atomic mass is 16.3. The standard InChI is InChI=1S/C15H24O/c1-7-15(5,6)12-8-11(14(2,3)4)9-13(16)10-12/h8-10,16H,7H2,1-6H3. The zero-order valence-electron chi connectivity index (χ0n) is 11.4. The van der Waals surface area contributed by atoms with E-state index in [0.29, 0.717) is 5.75 Å². The van der Waals surface area contributed by atoms with Gasteiger partial charge in [-0.1, -0.05) is 47.6 Å². The molecule has 0 spiro atoms. The van der Waals surface area contributed by atoms with Crippen LogP contribution in [0.4, 0.5) is 0 Å². The summed E-state index contributed by atoms with van der Waals surface area (Å²) in [6.07, 6.45) is 1.07. The van der Waals surface area contributed by atoms with E-state index in [0.717, 1.165) is 6.42 Å². The number of phenolic OH excluding ortho intramolecular Hbond substituents is 1. The largest absolute Gasteiger partial charge is 0.508 e. The lowest BCUT2D eigenvalue weighted by molar-refractivity contribution is 0.458. The predicted molar refractivity (Wildman–Crippen MR) is 70.1 cm³/mol. The lowest BCUT2D eigenvalue weighted by Crippen LogP contribution is -2.18. The fourth-order valence-electron chi connectivity index (χ4n) is 1.64. The number of phenols is 1. The molecule has 1 aromatic carbocycles. The molecule has 0 saturated carbocycles. The van der Waals surface area contributed by atoms with Crippen molar-refractivity contribution in [1.82, 2.24) is 0 Å². The monoisotopic (exact) mass is 220 g/mol. The highest BCUT2D eigenvalue weighted by Gasteiger charge is 2.22. The van der Waals surface area contributed by atoms with E-state index in [4.69, 9.17) is 0 Å². The smallest absolute Gasteiger partial charge is 0.116 e. The van der Waals surface area contributed by atoms with Gasteiger partial charge < -0.3 is 5.11 Å². The molecule has 0 heterocycles. The second-order valence-corrected chi connectivity index (χ2v) is 6.26. The van der Waals surface area contributed by atoms with E-state index in [2.05, 4.69) is 47.6 Å². The minimum absolute atomic E-state index is 0.0807. The predicted octanol–water partition coefficient (Wildman–Crippen LogP) is 4.38. The van der Waals surface area contributed by atoms with Crippen molar-refractivity contribution >= 4 is 0 Å². The van der Waals surface area contributed by atoms with Crippen molar-refractivity contribution in [2.24, 2.45) is 0 Å². The third-order valence-corrected chi connectivity index (χ3v) is 3.45. The van der Waals surface area contributed by atoms with Crippen LogP contribution in [0.3, 0.4) is 0 Å². The average Bonchev–Trinajstić information content (AvgIpc) is 2.15. The molecule has 0 radical (unpaired) electrons. The number of rotatable bonds is 2. The van der Waals surface area contributed by atoms with Gasteiger partial charge in [0, 0.05) is 0 Å². The maximum Gasteiger partial charge on any atom is 0.116 e. The second-order valence-electron chi connectivity index (χ2n) is 6.26. The van der Waals surface area contributed by atoms with Crippen molar-refractivity contribution in [3.8, 4) is 5.75 Å². The molecule has 1 rings (SSSR count). The van der Waals surface area contributed by atoms with Crippen LogP contribution >= 0.6 is 0 Å². The molecule has 0 aliphatic rings. The summed E-state index contributed by atoms with van der Waals surface area (Å²) in [5.41, 5.74) is 2.62. The van der Waals surface area contributed by atoms with Gasteiger partial charge in [-0.3, -0.25) is 0 Å². The van der Waals surface area contributed by atoms with Gasteiger partial charge in [0.1, 0.15) is 5.75 Å². The molecule has 1 heteroatoms. The fourth-order valence-corrected chi connectivity index (χ4v) is 1.64. The maximum atomic E-state index is 9.82. The molecule has 16 heavy (non-hydrogen) atoms. The molecule has 90 valence electrons. The Kier molecular flexibility index (Phi) is 3.37. The third kappa shape index (κ3) is 2.78. The minimum Gasteiger partial charge on any atom is -0.508 e. The average molecular weight is 220 g/mol. The van der Waals surface area contributed by atoms with Gasteiger partial charge in [0.05, 0.1) is 0 Å². The SMILES string of the molecule is CCC(C)(C)c1cc(O)cc(C(C)(C)C)c1. The molecule has 0 aromatic heterocycles. The summed E-state index contributed by atoms with van der Waals surface area (Å²) in [4.78, 5) is 0. The molecule has 0 atom stereocenters. The molecule has 1 nitrogen and oxygen atoms in total. The van der Waals surface area contributed by atoms with E-state index in [-0.39, 0.29) is 10.8 Å². The van der Waals surface area contributed by atoms with E-state index in [9.17, 15) is 5.11 Å². The molecule has 0 amide bonds. The van der Waals surface area contributed by atoms with Crippen molar-refractivity contribution < 1.29 is 5.11 Å². The summed E-state index contributed by atoms with van der Waals surface area (Å²) in [6, 6.07) is 5.98.